The second kappa shape index (κ2) is 6.53. The van der Waals surface area contributed by atoms with Gasteiger partial charge in [0.25, 0.3) is 5.91 Å². The summed E-state index contributed by atoms with van der Waals surface area (Å²) in [5.41, 5.74) is 0. The molecule has 19 heavy (non-hydrogen) atoms. The van der Waals surface area contributed by atoms with Gasteiger partial charge in [0.2, 0.25) is 0 Å². The Kier molecular flexibility index (Phi) is 4.99. The van der Waals surface area contributed by atoms with Crippen molar-refractivity contribution in [2.45, 2.75) is 38.6 Å². The van der Waals surface area contributed by atoms with Crippen molar-refractivity contribution in [1.82, 2.24) is 9.80 Å². The number of piperidine rings is 1. The average molecular weight is 280 g/mol. The molecule has 1 amide bonds. The highest BCUT2D eigenvalue weighted by atomic mass is 32.1. The van der Waals surface area contributed by atoms with E-state index in [-0.39, 0.29) is 5.91 Å². The molecule has 0 saturated carbocycles. The predicted molar refractivity (Wildman–Crippen MR) is 80.9 cm³/mol. The molecule has 1 aliphatic heterocycles. The van der Waals surface area contributed by atoms with Gasteiger partial charge in [0.15, 0.2) is 0 Å². The van der Waals surface area contributed by atoms with Crippen LogP contribution in [0.2, 0.25) is 0 Å². The molecular weight excluding hydrogens is 256 g/mol. The lowest BCUT2D eigenvalue weighted by molar-refractivity contribution is 0.0596. The second-order valence-corrected chi connectivity index (χ2v) is 6.94. The van der Waals surface area contributed by atoms with Crippen molar-refractivity contribution < 1.29 is 4.79 Å². The van der Waals surface area contributed by atoms with Gasteiger partial charge in [0.1, 0.15) is 0 Å². The summed E-state index contributed by atoms with van der Waals surface area (Å²) in [6, 6.07) is 4.43. The Labute approximate surface area is 120 Å². The van der Waals surface area contributed by atoms with Gasteiger partial charge >= 0.3 is 0 Å². The van der Waals surface area contributed by atoms with Gasteiger partial charge in [-0.3, -0.25) is 4.79 Å². The maximum Gasteiger partial charge on any atom is 0.264 e. The first-order valence-corrected chi connectivity index (χ1v) is 7.91. The van der Waals surface area contributed by atoms with Crippen molar-refractivity contribution in [2.75, 3.05) is 27.2 Å². The molecule has 0 unspecified atom stereocenters. The van der Waals surface area contributed by atoms with Crippen LogP contribution in [-0.2, 0) is 0 Å². The highest BCUT2D eigenvalue weighted by Gasteiger charge is 2.27. The van der Waals surface area contributed by atoms with Crippen molar-refractivity contribution in [3.8, 4) is 0 Å². The molecule has 0 radical (unpaired) electrons. The van der Waals surface area contributed by atoms with Gasteiger partial charge in [0.05, 0.1) is 4.88 Å². The molecule has 1 aliphatic rings. The van der Waals surface area contributed by atoms with Gasteiger partial charge in [-0.2, -0.15) is 0 Å². The lowest BCUT2D eigenvalue weighted by Gasteiger charge is -2.36. The molecule has 1 fully saturated rings. The van der Waals surface area contributed by atoms with E-state index in [1.165, 1.54) is 11.3 Å². The summed E-state index contributed by atoms with van der Waals surface area (Å²) in [6.45, 7) is 4.03. The van der Waals surface area contributed by atoms with Gasteiger partial charge < -0.3 is 9.80 Å². The lowest BCUT2D eigenvalue weighted by Crippen LogP contribution is -2.44. The Hall–Kier alpha value is -0.870. The van der Waals surface area contributed by atoms with E-state index in [2.05, 4.69) is 30.8 Å². The second-order valence-electron chi connectivity index (χ2n) is 5.65. The molecule has 1 aromatic heterocycles. The molecule has 106 valence electrons. The van der Waals surface area contributed by atoms with Crippen molar-refractivity contribution >= 4 is 17.2 Å². The number of carbonyl (C=O) groups is 1. The zero-order chi connectivity index (χ0) is 13.8. The van der Waals surface area contributed by atoms with Crippen LogP contribution in [0.5, 0.6) is 0 Å². The highest BCUT2D eigenvalue weighted by molar-refractivity contribution is 7.13. The zero-order valence-electron chi connectivity index (χ0n) is 12.2. The number of thiophene rings is 1. The van der Waals surface area contributed by atoms with Crippen molar-refractivity contribution in [3.63, 3.8) is 0 Å². The van der Waals surface area contributed by atoms with E-state index in [1.807, 2.05) is 12.1 Å². The molecule has 2 rings (SSSR count). The standard InChI is InChI=1S/C15H24N2OS/c1-12-7-8-14(19-12)15(18)17-10-5-4-6-13(17)9-11-16(2)3/h7-8,13H,4-6,9-11H2,1-3H3/t13-/m0/s1. The van der Waals surface area contributed by atoms with Crippen LogP contribution in [0.15, 0.2) is 12.1 Å². The summed E-state index contributed by atoms with van der Waals surface area (Å²) in [4.78, 5) is 19.0. The van der Waals surface area contributed by atoms with Crippen LogP contribution in [0.1, 0.15) is 40.2 Å². The quantitative estimate of drug-likeness (QED) is 0.846. The zero-order valence-corrected chi connectivity index (χ0v) is 13.0. The fourth-order valence-corrected chi connectivity index (χ4v) is 3.49. The Balaban J connectivity index is 2.04. The van der Waals surface area contributed by atoms with Gasteiger partial charge in [-0.05, 0) is 65.4 Å². The van der Waals surface area contributed by atoms with Gasteiger partial charge in [-0.15, -0.1) is 11.3 Å². The van der Waals surface area contributed by atoms with Gasteiger partial charge in [0, 0.05) is 17.5 Å². The number of nitrogens with zero attached hydrogens (tertiary/aromatic N) is 2. The Morgan fingerprint density at radius 1 is 1.42 bits per heavy atom. The third kappa shape index (κ3) is 3.80. The minimum atomic E-state index is 0.238. The molecular formula is C15H24N2OS. The van der Waals surface area contributed by atoms with Crippen LogP contribution in [0.4, 0.5) is 0 Å². The van der Waals surface area contributed by atoms with Crippen LogP contribution in [0, 0.1) is 6.92 Å². The third-order valence-corrected chi connectivity index (χ3v) is 4.74. The highest BCUT2D eigenvalue weighted by Crippen LogP contribution is 2.24. The first-order chi connectivity index (χ1) is 9.08. The smallest absolute Gasteiger partial charge is 0.264 e. The van der Waals surface area contributed by atoms with Crippen LogP contribution in [0.25, 0.3) is 0 Å². The molecule has 1 atom stereocenters. The van der Waals surface area contributed by atoms with E-state index < -0.39 is 0 Å². The molecule has 4 heteroatoms. The normalized spacial score (nSPS) is 20.0. The summed E-state index contributed by atoms with van der Waals surface area (Å²) >= 11 is 1.61. The van der Waals surface area contributed by atoms with Gasteiger partial charge in [-0.1, -0.05) is 0 Å². The lowest BCUT2D eigenvalue weighted by atomic mass is 9.99. The Bertz CT molecular complexity index is 428. The summed E-state index contributed by atoms with van der Waals surface area (Å²) in [6.07, 6.45) is 4.65. The summed E-state index contributed by atoms with van der Waals surface area (Å²) in [5.74, 6) is 0.238. The molecule has 0 aromatic carbocycles. The van der Waals surface area contributed by atoms with E-state index in [0.29, 0.717) is 6.04 Å². The van der Waals surface area contributed by atoms with E-state index in [0.717, 1.165) is 37.2 Å². The minimum Gasteiger partial charge on any atom is -0.335 e. The number of amides is 1. The fraction of sp³-hybridized carbons (Fsp3) is 0.667. The molecule has 0 bridgehead atoms. The molecule has 0 aliphatic carbocycles. The predicted octanol–water partition coefficient (Wildman–Crippen LogP) is 3.00. The number of rotatable bonds is 4. The van der Waals surface area contributed by atoms with Crippen molar-refractivity contribution in [1.29, 1.82) is 0 Å². The molecule has 0 spiro atoms. The van der Waals surface area contributed by atoms with Crippen molar-refractivity contribution in [3.05, 3.63) is 21.9 Å². The number of hydrogen-bond acceptors (Lipinski definition) is 3. The van der Waals surface area contributed by atoms with Crippen LogP contribution >= 0.6 is 11.3 Å². The maximum atomic E-state index is 12.6. The largest absolute Gasteiger partial charge is 0.335 e. The number of aryl methyl sites for hydroxylation is 1. The van der Waals surface area contributed by atoms with E-state index in [9.17, 15) is 4.79 Å². The Morgan fingerprint density at radius 3 is 2.84 bits per heavy atom. The summed E-state index contributed by atoms with van der Waals surface area (Å²) < 4.78 is 0. The van der Waals surface area contributed by atoms with Crippen molar-refractivity contribution in [2.24, 2.45) is 0 Å². The SMILES string of the molecule is Cc1ccc(C(=O)N2CCCC[C@H]2CCN(C)C)s1. The number of likely N-dealkylation sites (tertiary alicyclic amines) is 1. The topological polar surface area (TPSA) is 23.6 Å². The molecule has 1 saturated heterocycles. The van der Waals surface area contributed by atoms with Crippen LogP contribution in [0.3, 0.4) is 0 Å². The minimum absolute atomic E-state index is 0.238. The molecule has 2 heterocycles. The van der Waals surface area contributed by atoms with E-state index in [4.69, 9.17) is 0 Å². The summed E-state index contributed by atoms with van der Waals surface area (Å²) in [5, 5.41) is 0. The van der Waals surface area contributed by atoms with Gasteiger partial charge in [-0.25, -0.2) is 0 Å². The molecule has 1 aromatic rings. The monoisotopic (exact) mass is 280 g/mol. The third-order valence-electron chi connectivity index (χ3n) is 3.75. The Morgan fingerprint density at radius 2 is 2.21 bits per heavy atom. The average Bonchev–Trinajstić information content (AvgIpc) is 2.82. The first kappa shape index (κ1) is 14.5. The molecule has 0 N–H and O–H groups in total. The summed E-state index contributed by atoms with van der Waals surface area (Å²) in [7, 11) is 4.19. The van der Waals surface area contributed by atoms with Crippen LogP contribution < -0.4 is 0 Å². The molecule has 3 nitrogen and oxygen atoms in total. The number of hydrogen-bond donors (Lipinski definition) is 0. The number of carbonyl (C=O) groups excluding carboxylic acids is 1. The first-order valence-electron chi connectivity index (χ1n) is 7.10. The van der Waals surface area contributed by atoms with E-state index in [1.54, 1.807) is 11.3 Å². The maximum absolute atomic E-state index is 12.6. The fourth-order valence-electron chi connectivity index (χ4n) is 2.67. The van der Waals surface area contributed by atoms with E-state index >= 15 is 0 Å². The van der Waals surface area contributed by atoms with Crippen LogP contribution in [-0.4, -0.2) is 48.9 Å².